The standard InChI is InChI=1S/C16H17N3O2/c1-3-9-17-12-8-10-18-14(11-12)16(20)19-13-6-4-5-7-15(13)21-2/h3-8,10-11H,1,9H2,2H3,(H,17,18)(H,19,20). The van der Waals surface area contributed by atoms with Gasteiger partial charge in [0.1, 0.15) is 11.4 Å². The van der Waals surface area contributed by atoms with Crippen LogP contribution in [0, 0.1) is 0 Å². The highest BCUT2D eigenvalue weighted by atomic mass is 16.5. The van der Waals surface area contributed by atoms with Crippen molar-refractivity contribution < 1.29 is 9.53 Å². The first-order valence-electron chi connectivity index (χ1n) is 6.50. The van der Waals surface area contributed by atoms with Gasteiger partial charge < -0.3 is 15.4 Å². The number of aromatic nitrogens is 1. The Morgan fingerprint density at radius 3 is 2.95 bits per heavy atom. The third kappa shape index (κ3) is 3.82. The summed E-state index contributed by atoms with van der Waals surface area (Å²) in [5.74, 6) is 0.313. The molecule has 0 radical (unpaired) electrons. The molecule has 0 fully saturated rings. The lowest BCUT2D eigenvalue weighted by Gasteiger charge is -2.10. The maximum Gasteiger partial charge on any atom is 0.274 e. The van der Waals surface area contributed by atoms with Gasteiger partial charge in [0.2, 0.25) is 0 Å². The smallest absolute Gasteiger partial charge is 0.274 e. The highest BCUT2D eigenvalue weighted by Crippen LogP contribution is 2.23. The van der Waals surface area contributed by atoms with E-state index in [0.717, 1.165) is 5.69 Å². The molecule has 0 atom stereocenters. The number of ether oxygens (including phenoxy) is 1. The van der Waals surface area contributed by atoms with Crippen LogP contribution in [-0.4, -0.2) is 24.5 Å². The zero-order chi connectivity index (χ0) is 15.1. The lowest BCUT2D eigenvalue weighted by molar-refractivity contribution is 0.102. The molecule has 0 unspecified atom stereocenters. The van der Waals surface area contributed by atoms with Crippen molar-refractivity contribution in [2.75, 3.05) is 24.3 Å². The molecule has 5 heteroatoms. The molecule has 1 amide bonds. The number of nitrogens with one attached hydrogen (secondary N) is 2. The monoisotopic (exact) mass is 283 g/mol. The summed E-state index contributed by atoms with van der Waals surface area (Å²) in [5, 5.41) is 5.90. The Labute approximate surface area is 123 Å². The van der Waals surface area contributed by atoms with Crippen molar-refractivity contribution in [2.45, 2.75) is 0 Å². The van der Waals surface area contributed by atoms with Crippen molar-refractivity contribution in [3.8, 4) is 5.75 Å². The second-order valence-electron chi connectivity index (χ2n) is 4.25. The average molecular weight is 283 g/mol. The summed E-state index contributed by atoms with van der Waals surface area (Å²) in [7, 11) is 1.56. The van der Waals surface area contributed by atoms with Crippen molar-refractivity contribution in [1.29, 1.82) is 0 Å². The Morgan fingerprint density at radius 1 is 1.38 bits per heavy atom. The largest absolute Gasteiger partial charge is 0.495 e. The van der Waals surface area contributed by atoms with Crippen LogP contribution < -0.4 is 15.4 Å². The quantitative estimate of drug-likeness (QED) is 0.800. The maximum atomic E-state index is 12.2. The zero-order valence-corrected chi connectivity index (χ0v) is 11.8. The summed E-state index contributed by atoms with van der Waals surface area (Å²) in [5.41, 5.74) is 1.75. The van der Waals surface area contributed by atoms with Crippen LogP contribution in [0.4, 0.5) is 11.4 Å². The van der Waals surface area contributed by atoms with Crippen LogP contribution >= 0.6 is 0 Å². The van der Waals surface area contributed by atoms with Gasteiger partial charge in [0, 0.05) is 18.4 Å². The van der Waals surface area contributed by atoms with E-state index in [1.165, 1.54) is 0 Å². The van der Waals surface area contributed by atoms with E-state index in [0.29, 0.717) is 23.7 Å². The number of amides is 1. The number of anilines is 2. The van der Waals surface area contributed by atoms with Gasteiger partial charge in [-0.15, -0.1) is 6.58 Å². The lowest BCUT2D eigenvalue weighted by atomic mass is 10.2. The molecule has 2 N–H and O–H groups in total. The number of carbonyl (C=O) groups is 1. The van der Waals surface area contributed by atoms with Crippen molar-refractivity contribution in [2.24, 2.45) is 0 Å². The molecule has 1 heterocycles. The number of hydrogen-bond donors (Lipinski definition) is 2. The molecular formula is C16H17N3O2. The van der Waals surface area contributed by atoms with Crippen LogP contribution in [0.5, 0.6) is 5.75 Å². The Hall–Kier alpha value is -2.82. The molecule has 2 rings (SSSR count). The Balaban J connectivity index is 2.14. The Bertz CT molecular complexity index is 641. The molecule has 0 spiro atoms. The number of hydrogen-bond acceptors (Lipinski definition) is 4. The van der Waals surface area contributed by atoms with Gasteiger partial charge in [-0.2, -0.15) is 0 Å². The first kappa shape index (κ1) is 14.6. The minimum atomic E-state index is -0.290. The number of benzene rings is 1. The van der Waals surface area contributed by atoms with Gasteiger partial charge in [-0.25, -0.2) is 0 Å². The zero-order valence-electron chi connectivity index (χ0n) is 11.8. The first-order chi connectivity index (χ1) is 10.2. The molecule has 2 aromatic rings. The number of pyridine rings is 1. The predicted molar refractivity (Wildman–Crippen MR) is 83.9 cm³/mol. The highest BCUT2D eigenvalue weighted by Gasteiger charge is 2.10. The van der Waals surface area contributed by atoms with E-state index in [1.807, 2.05) is 12.1 Å². The number of rotatable bonds is 6. The van der Waals surface area contributed by atoms with E-state index in [9.17, 15) is 4.79 Å². The molecule has 0 saturated heterocycles. The van der Waals surface area contributed by atoms with E-state index in [-0.39, 0.29) is 5.91 Å². The fraction of sp³-hybridized carbons (Fsp3) is 0.125. The lowest BCUT2D eigenvalue weighted by Crippen LogP contribution is -2.14. The van der Waals surface area contributed by atoms with Crippen molar-refractivity contribution >= 4 is 17.3 Å². The SMILES string of the molecule is C=CCNc1ccnc(C(=O)Nc2ccccc2OC)c1. The number of methoxy groups -OCH3 is 1. The third-order valence-electron chi connectivity index (χ3n) is 2.80. The van der Waals surface area contributed by atoms with Crippen LogP contribution in [0.2, 0.25) is 0 Å². The molecule has 1 aromatic heterocycles. The summed E-state index contributed by atoms with van der Waals surface area (Å²) in [4.78, 5) is 16.3. The van der Waals surface area contributed by atoms with Crippen LogP contribution in [0.1, 0.15) is 10.5 Å². The van der Waals surface area contributed by atoms with E-state index < -0.39 is 0 Å². The normalized spacial score (nSPS) is 9.76. The summed E-state index contributed by atoms with van der Waals surface area (Å²) < 4.78 is 5.20. The first-order valence-corrected chi connectivity index (χ1v) is 6.50. The number of para-hydroxylation sites is 2. The maximum absolute atomic E-state index is 12.2. The van der Waals surface area contributed by atoms with Gasteiger partial charge in [0.05, 0.1) is 12.8 Å². The molecule has 0 aliphatic rings. The summed E-state index contributed by atoms with van der Waals surface area (Å²) >= 11 is 0. The topological polar surface area (TPSA) is 63.2 Å². The minimum absolute atomic E-state index is 0.290. The number of carbonyl (C=O) groups excluding carboxylic acids is 1. The molecule has 0 aliphatic carbocycles. The molecular weight excluding hydrogens is 266 g/mol. The second-order valence-corrected chi connectivity index (χ2v) is 4.25. The van der Waals surface area contributed by atoms with Gasteiger partial charge in [-0.1, -0.05) is 18.2 Å². The van der Waals surface area contributed by atoms with Crippen LogP contribution in [0.3, 0.4) is 0 Å². The van der Waals surface area contributed by atoms with E-state index in [1.54, 1.807) is 43.6 Å². The number of nitrogens with zero attached hydrogens (tertiary/aromatic N) is 1. The molecule has 21 heavy (non-hydrogen) atoms. The fourth-order valence-electron chi connectivity index (χ4n) is 1.79. The van der Waals surface area contributed by atoms with Crippen molar-refractivity contribution in [3.05, 3.63) is 60.9 Å². The Morgan fingerprint density at radius 2 is 2.19 bits per heavy atom. The van der Waals surface area contributed by atoms with Gasteiger partial charge in [0.15, 0.2) is 0 Å². The van der Waals surface area contributed by atoms with Gasteiger partial charge in [-0.3, -0.25) is 9.78 Å². The Kier molecular flexibility index (Phi) is 4.93. The molecule has 5 nitrogen and oxygen atoms in total. The molecule has 1 aromatic carbocycles. The molecule has 0 saturated carbocycles. The van der Waals surface area contributed by atoms with Crippen LogP contribution in [-0.2, 0) is 0 Å². The van der Waals surface area contributed by atoms with Gasteiger partial charge in [0.25, 0.3) is 5.91 Å². The van der Waals surface area contributed by atoms with Gasteiger partial charge >= 0.3 is 0 Å². The fourth-order valence-corrected chi connectivity index (χ4v) is 1.79. The highest BCUT2D eigenvalue weighted by molar-refractivity contribution is 6.04. The summed E-state index contributed by atoms with van der Waals surface area (Å²) in [6, 6.07) is 10.7. The second kappa shape index (κ2) is 7.09. The summed E-state index contributed by atoms with van der Waals surface area (Å²) in [6.07, 6.45) is 3.33. The molecule has 108 valence electrons. The van der Waals surface area contributed by atoms with Gasteiger partial charge in [-0.05, 0) is 24.3 Å². The molecule has 0 bridgehead atoms. The minimum Gasteiger partial charge on any atom is -0.495 e. The third-order valence-corrected chi connectivity index (χ3v) is 2.80. The van der Waals surface area contributed by atoms with E-state index in [2.05, 4.69) is 22.2 Å². The van der Waals surface area contributed by atoms with E-state index in [4.69, 9.17) is 4.74 Å². The van der Waals surface area contributed by atoms with Crippen molar-refractivity contribution in [1.82, 2.24) is 4.98 Å². The van der Waals surface area contributed by atoms with Crippen LogP contribution in [0.25, 0.3) is 0 Å². The van der Waals surface area contributed by atoms with Crippen molar-refractivity contribution in [3.63, 3.8) is 0 Å². The molecule has 0 aliphatic heterocycles. The summed E-state index contributed by atoms with van der Waals surface area (Å²) in [6.45, 7) is 4.26. The average Bonchev–Trinajstić information content (AvgIpc) is 2.53. The van der Waals surface area contributed by atoms with E-state index >= 15 is 0 Å². The van der Waals surface area contributed by atoms with Crippen LogP contribution in [0.15, 0.2) is 55.3 Å². The predicted octanol–water partition coefficient (Wildman–Crippen LogP) is 2.94.